The van der Waals surface area contributed by atoms with Crippen molar-refractivity contribution in [2.75, 3.05) is 19.7 Å². The van der Waals surface area contributed by atoms with E-state index in [4.69, 9.17) is 9.47 Å². The minimum absolute atomic E-state index is 0.00255. The molecule has 0 spiro atoms. The van der Waals surface area contributed by atoms with E-state index < -0.39 is 48.1 Å². The number of nitrogens with one attached hydrogen (secondary N) is 2. The van der Waals surface area contributed by atoms with Crippen LogP contribution in [0.25, 0.3) is 0 Å². The van der Waals surface area contributed by atoms with Gasteiger partial charge in [-0.25, -0.2) is 4.79 Å². The van der Waals surface area contributed by atoms with Gasteiger partial charge in [-0.3, -0.25) is 14.4 Å². The second-order valence-electron chi connectivity index (χ2n) is 10.1. The average Bonchev–Trinajstić information content (AvgIpc) is 2.76. The van der Waals surface area contributed by atoms with Crippen LogP contribution in [0.3, 0.4) is 0 Å². The summed E-state index contributed by atoms with van der Waals surface area (Å²) < 4.78 is 10.2. The molecule has 204 valence electrons. The molecule has 2 N–H and O–H groups in total. The molecule has 2 atom stereocenters. The predicted octanol–water partition coefficient (Wildman–Crippen LogP) is 3.32. The van der Waals surface area contributed by atoms with E-state index in [1.54, 1.807) is 47.6 Å². The fraction of sp³-hybridized carbons (Fsp3) is 0.593. The normalized spacial score (nSPS) is 12.6. The van der Waals surface area contributed by atoms with Gasteiger partial charge in [-0.15, -0.1) is 0 Å². The molecule has 0 saturated carbocycles. The van der Waals surface area contributed by atoms with Gasteiger partial charge in [-0.05, 0) is 58.6 Å². The first-order valence-corrected chi connectivity index (χ1v) is 12.4. The predicted molar refractivity (Wildman–Crippen MR) is 138 cm³/mol. The van der Waals surface area contributed by atoms with Crippen LogP contribution in [0.2, 0.25) is 0 Å². The largest absolute Gasteiger partial charge is 0.466 e. The molecule has 1 aromatic carbocycles. The van der Waals surface area contributed by atoms with E-state index in [1.165, 1.54) is 0 Å². The Morgan fingerprint density at radius 2 is 1.78 bits per heavy atom. The van der Waals surface area contributed by atoms with Crippen molar-refractivity contribution >= 4 is 23.9 Å². The molecule has 1 aromatic rings. The highest BCUT2D eigenvalue weighted by molar-refractivity contribution is 5.92. The summed E-state index contributed by atoms with van der Waals surface area (Å²) in [4.78, 5) is 52.6. The van der Waals surface area contributed by atoms with Gasteiger partial charge in [0.25, 0.3) is 0 Å². The molecule has 0 aliphatic rings. The van der Waals surface area contributed by atoms with Gasteiger partial charge in [0.15, 0.2) is 0 Å². The maximum absolute atomic E-state index is 13.8. The summed E-state index contributed by atoms with van der Waals surface area (Å²) in [6.45, 7) is 13.8. The lowest BCUT2D eigenvalue weighted by molar-refractivity contribution is -0.144. The van der Waals surface area contributed by atoms with Gasteiger partial charge in [0.2, 0.25) is 11.8 Å². The van der Waals surface area contributed by atoms with Gasteiger partial charge in [-0.2, -0.15) is 5.26 Å². The molecule has 0 aliphatic heterocycles. The molecule has 0 heterocycles. The molecule has 10 heteroatoms. The summed E-state index contributed by atoms with van der Waals surface area (Å²) in [5.41, 5.74) is 1.47. The fourth-order valence-corrected chi connectivity index (χ4v) is 3.70. The van der Waals surface area contributed by atoms with E-state index in [9.17, 15) is 24.4 Å². The Bertz CT molecular complexity index is 1010. The minimum atomic E-state index is -1.17. The smallest absolute Gasteiger partial charge is 0.408 e. The van der Waals surface area contributed by atoms with E-state index in [1.807, 2.05) is 32.0 Å². The van der Waals surface area contributed by atoms with Gasteiger partial charge >= 0.3 is 12.1 Å². The average molecular weight is 517 g/mol. The first kappa shape index (κ1) is 31.4. The van der Waals surface area contributed by atoms with E-state index in [2.05, 4.69) is 10.6 Å². The molecule has 0 fully saturated rings. The maximum Gasteiger partial charge on any atom is 0.408 e. The Morgan fingerprint density at radius 1 is 1.14 bits per heavy atom. The molecule has 0 aromatic heterocycles. The molecule has 3 amide bonds. The number of nitrogens with zero attached hydrogens (tertiary/aromatic N) is 2. The molecule has 2 unspecified atom stereocenters. The van der Waals surface area contributed by atoms with Crippen LogP contribution in [0.5, 0.6) is 0 Å². The number of amides is 3. The Kier molecular flexibility index (Phi) is 12.1. The van der Waals surface area contributed by atoms with Crippen LogP contribution in [0.1, 0.15) is 70.7 Å². The zero-order chi connectivity index (χ0) is 28.3. The van der Waals surface area contributed by atoms with Crippen LogP contribution in [0.4, 0.5) is 4.79 Å². The van der Waals surface area contributed by atoms with Crippen LogP contribution in [0.15, 0.2) is 18.2 Å². The number of ether oxygens (including phenoxy) is 2. The summed E-state index contributed by atoms with van der Waals surface area (Å²) in [6, 6.07) is 5.18. The quantitative estimate of drug-likeness (QED) is 0.340. The van der Waals surface area contributed by atoms with Crippen molar-refractivity contribution in [3.63, 3.8) is 0 Å². The SMILES string of the molecule is CCOC(=O)CCNC(=O)C(c1ccc(C)cc1C)N(CC#N)C(=O)C(NC(=O)OC(C)(C)C)C(C)C. The van der Waals surface area contributed by atoms with E-state index in [0.717, 1.165) is 16.0 Å². The van der Waals surface area contributed by atoms with Gasteiger partial charge in [-0.1, -0.05) is 37.6 Å². The van der Waals surface area contributed by atoms with Gasteiger partial charge in [0.1, 0.15) is 24.2 Å². The number of esters is 1. The summed E-state index contributed by atoms with van der Waals surface area (Å²) in [5.74, 6) is -1.99. The first-order valence-electron chi connectivity index (χ1n) is 12.4. The highest BCUT2D eigenvalue weighted by Crippen LogP contribution is 2.27. The van der Waals surface area contributed by atoms with Crippen molar-refractivity contribution in [1.82, 2.24) is 15.5 Å². The zero-order valence-corrected chi connectivity index (χ0v) is 23.1. The minimum Gasteiger partial charge on any atom is -0.466 e. The van der Waals surface area contributed by atoms with Crippen molar-refractivity contribution in [3.05, 3.63) is 34.9 Å². The number of nitriles is 1. The highest BCUT2D eigenvalue weighted by atomic mass is 16.6. The molecule has 0 bridgehead atoms. The fourth-order valence-electron chi connectivity index (χ4n) is 3.70. The monoisotopic (exact) mass is 516 g/mol. The standard InChI is InChI=1S/C27H40N4O6/c1-9-36-21(32)12-14-29-24(33)23(20-11-10-18(4)16-19(20)5)31(15-13-28)25(34)22(17(2)3)30-26(35)37-27(6,7)8/h10-11,16-17,22-23H,9,12,14-15H2,1-8H3,(H,29,33)(H,30,35). The number of rotatable bonds is 11. The van der Waals surface area contributed by atoms with Crippen LogP contribution >= 0.6 is 0 Å². The maximum atomic E-state index is 13.8. The van der Waals surface area contributed by atoms with E-state index in [0.29, 0.717) is 5.56 Å². The zero-order valence-electron chi connectivity index (χ0n) is 23.1. The second kappa shape index (κ2) is 14.2. The Labute approximate surface area is 219 Å². The molecular weight excluding hydrogens is 476 g/mol. The third kappa shape index (κ3) is 10.1. The van der Waals surface area contributed by atoms with Crippen LogP contribution in [-0.4, -0.2) is 60.1 Å². The Hall–Kier alpha value is -3.61. The topological polar surface area (TPSA) is 138 Å². The van der Waals surface area contributed by atoms with E-state index in [-0.39, 0.29) is 25.5 Å². The number of aryl methyl sites for hydroxylation is 2. The lowest BCUT2D eigenvalue weighted by Gasteiger charge is -2.34. The lowest BCUT2D eigenvalue weighted by atomic mass is 9.95. The van der Waals surface area contributed by atoms with Crippen molar-refractivity contribution < 1.29 is 28.7 Å². The third-order valence-corrected chi connectivity index (χ3v) is 5.34. The molecule has 10 nitrogen and oxygen atoms in total. The van der Waals surface area contributed by atoms with Crippen molar-refractivity contribution in [1.29, 1.82) is 5.26 Å². The van der Waals surface area contributed by atoms with Gasteiger partial charge < -0.3 is 25.0 Å². The van der Waals surface area contributed by atoms with Crippen LogP contribution in [-0.2, 0) is 23.9 Å². The van der Waals surface area contributed by atoms with E-state index >= 15 is 0 Å². The second-order valence-corrected chi connectivity index (χ2v) is 10.1. The number of alkyl carbamates (subject to hydrolysis) is 1. The molecule has 0 aliphatic carbocycles. The van der Waals surface area contributed by atoms with Crippen molar-refractivity contribution in [3.8, 4) is 6.07 Å². The summed E-state index contributed by atoms with van der Waals surface area (Å²) in [7, 11) is 0. The Balaban J connectivity index is 3.40. The van der Waals surface area contributed by atoms with Gasteiger partial charge in [0, 0.05) is 6.54 Å². The number of carbonyl (C=O) groups is 4. The molecule has 37 heavy (non-hydrogen) atoms. The lowest BCUT2D eigenvalue weighted by Crippen LogP contribution is -2.55. The van der Waals surface area contributed by atoms with Crippen molar-refractivity contribution in [2.24, 2.45) is 5.92 Å². The van der Waals surface area contributed by atoms with Crippen molar-refractivity contribution in [2.45, 2.75) is 79.5 Å². The van der Waals surface area contributed by atoms with Crippen LogP contribution in [0, 0.1) is 31.1 Å². The number of benzene rings is 1. The van der Waals surface area contributed by atoms with Crippen LogP contribution < -0.4 is 10.6 Å². The number of hydrogen-bond acceptors (Lipinski definition) is 7. The summed E-state index contributed by atoms with van der Waals surface area (Å²) in [5, 5.41) is 14.9. The highest BCUT2D eigenvalue weighted by Gasteiger charge is 2.38. The summed E-state index contributed by atoms with van der Waals surface area (Å²) >= 11 is 0. The summed E-state index contributed by atoms with van der Waals surface area (Å²) in [6.07, 6.45) is -0.821. The molecule has 0 radical (unpaired) electrons. The molecule has 0 saturated heterocycles. The number of hydrogen-bond donors (Lipinski definition) is 2. The van der Waals surface area contributed by atoms with Gasteiger partial charge in [0.05, 0.1) is 19.1 Å². The molecule has 1 rings (SSSR count). The molecular formula is C27H40N4O6. The third-order valence-electron chi connectivity index (χ3n) is 5.34. The Morgan fingerprint density at radius 3 is 2.30 bits per heavy atom. The first-order chi connectivity index (χ1) is 17.2. The number of carbonyl (C=O) groups excluding carboxylic acids is 4.